The van der Waals surface area contributed by atoms with Crippen LogP contribution in [0.3, 0.4) is 0 Å². The fraction of sp³-hybridized carbons (Fsp3) is 0.448. The lowest BCUT2D eigenvalue weighted by molar-refractivity contribution is 0.0512. The second kappa shape index (κ2) is 13.2. The van der Waals surface area contributed by atoms with Gasteiger partial charge in [-0.15, -0.1) is 0 Å². The van der Waals surface area contributed by atoms with Crippen molar-refractivity contribution in [3.05, 3.63) is 57.0 Å². The number of anilines is 1. The minimum Gasteiger partial charge on any atom is -0.467 e. The highest BCUT2D eigenvalue weighted by atomic mass is 35.5. The first-order valence-electron chi connectivity index (χ1n) is 13.8. The third-order valence-electron chi connectivity index (χ3n) is 6.88. The van der Waals surface area contributed by atoms with Crippen molar-refractivity contribution in [1.29, 1.82) is 0 Å². The molecular weight excluding hydrogens is 564 g/mol. The number of rotatable bonds is 8. The number of amides is 3. The Morgan fingerprint density at radius 1 is 1.12 bits per heavy atom. The number of ether oxygens (including phenoxy) is 2. The van der Waals surface area contributed by atoms with Crippen LogP contribution >= 0.6 is 11.6 Å². The van der Waals surface area contributed by atoms with Gasteiger partial charge in [-0.1, -0.05) is 30.9 Å². The molecular formula is C29H35ClN6O6. The third kappa shape index (κ3) is 7.96. The second-order valence-corrected chi connectivity index (χ2v) is 11.6. The standard InChI is InChI=1S/C29H35ClN6O6/c1-29(2,3)42-28(40)32-15-22(16-8-6-5-7-9-16)34-24(37)17-10-11-20(30)21(13-17)33-25(38)19-12-18-14-31-27(41-4)36-23(18)35-26(19)39/h10-14,16,22H,5-9,15H2,1-4H3,(H,32,40)(H,33,38)(H,34,37)(H,31,35,36,39). The summed E-state index contributed by atoms with van der Waals surface area (Å²) >= 11 is 6.34. The Kier molecular flexibility index (Phi) is 9.66. The number of aromatic nitrogens is 3. The Hall–Kier alpha value is -4.19. The first-order valence-corrected chi connectivity index (χ1v) is 14.1. The molecule has 1 fully saturated rings. The number of H-pyrrole nitrogens is 1. The topological polar surface area (TPSA) is 164 Å². The molecule has 1 aromatic carbocycles. The zero-order valence-electron chi connectivity index (χ0n) is 24.0. The summed E-state index contributed by atoms with van der Waals surface area (Å²) in [6.45, 7) is 5.56. The van der Waals surface area contributed by atoms with Crippen LogP contribution < -0.4 is 26.2 Å². The number of fused-ring (bicyclic) bond motifs is 1. The number of carbonyl (C=O) groups excluding carboxylic acids is 3. The van der Waals surface area contributed by atoms with E-state index in [1.165, 1.54) is 31.5 Å². The first-order chi connectivity index (χ1) is 19.9. The molecule has 0 bridgehead atoms. The number of hydrogen-bond acceptors (Lipinski definition) is 8. The highest BCUT2D eigenvalue weighted by Gasteiger charge is 2.27. The molecule has 2 aromatic heterocycles. The van der Waals surface area contributed by atoms with Crippen molar-refractivity contribution in [1.82, 2.24) is 25.6 Å². The summed E-state index contributed by atoms with van der Waals surface area (Å²) in [5, 5.41) is 9.05. The van der Waals surface area contributed by atoms with Gasteiger partial charge in [-0.25, -0.2) is 9.78 Å². The molecule has 42 heavy (non-hydrogen) atoms. The van der Waals surface area contributed by atoms with E-state index in [1.807, 2.05) is 0 Å². The normalized spacial score (nSPS) is 14.6. The van der Waals surface area contributed by atoms with Crippen LogP contribution in [0.1, 0.15) is 73.6 Å². The molecule has 1 unspecified atom stereocenters. The van der Waals surface area contributed by atoms with E-state index in [-0.39, 0.29) is 52.0 Å². The smallest absolute Gasteiger partial charge is 0.407 e. The Labute approximate surface area is 247 Å². The van der Waals surface area contributed by atoms with Gasteiger partial charge in [0, 0.05) is 29.7 Å². The van der Waals surface area contributed by atoms with E-state index in [9.17, 15) is 19.2 Å². The predicted octanol–water partition coefficient (Wildman–Crippen LogP) is 4.44. The quantitative estimate of drug-likeness (QED) is 0.295. The molecule has 13 heteroatoms. The number of carbonyl (C=O) groups is 3. The summed E-state index contributed by atoms with van der Waals surface area (Å²) in [6, 6.07) is 5.59. The number of nitrogens with one attached hydrogen (secondary N) is 4. The molecule has 3 amide bonds. The number of nitrogens with zero attached hydrogens (tertiary/aromatic N) is 2. The molecule has 1 atom stereocenters. The van der Waals surface area contributed by atoms with Gasteiger partial charge in [-0.3, -0.25) is 14.4 Å². The van der Waals surface area contributed by atoms with Gasteiger partial charge in [0.2, 0.25) is 0 Å². The summed E-state index contributed by atoms with van der Waals surface area (Å²) in [5.74, 6) is -0.930. The molecule has 224 valence electrons. The van der Waals surface area contributed by atoms with Gasteiger partial charge in [-0.2, -0.15) is 4.98 Å². The highest BCUT2D eigenvalue weighted by molar-refractivity contribution is 6.34. The number of benzene rings is 1. The molecule has 0 spiro atoms. The Balaban J connectivity index is 1.50. The average molecular weight is 599 g/mol. The minimum absolute atomic E-state index is 0.0728. The maximum absolute atomic E-state index is 13.4. The van der Waals surface area contributed by atoms with Gasteiger partial charge in [-0.05, 0) is 63.8 Å². The summed E-state index contributed by atoms with van der Waals surface area (Å²) in [4.78, 5) is 61.9. The van der Waals surface area contributed by atoms with E-state index in [1.54, 1.807) is 26.8 Å². The molecule has 4 rings (SSSR count). The van der Waals surface area contributed by atoms with Crippen molar-refractivity contribution in [3.63, 3.8) is 0 Å². The molecule has 2 heterocycles. The van der Waals surface area contributed by atoms with Gasteiger partial charge >= 0.3 is 12.1 Å². The van der Waals surface area contributed by atoms with Crippen molar-refractivity contribution in [3.8, 4) is 6.01 Å². The fourth-order valence-corrected chi connectivity index (χ4v) is 4.99. The molecule has 1 aliphatic rings. The lowest BCUT2D eigenvalue weighted by Gasteiger charge is -2.31. The van der Waals surface area contributed by atoms with Crippen molar-refractivity contribution in [2.75, 3.05) is 19.0 Å². The van der Waals surface area contributed by atoms with Crippen LogP contribution in [0.5, 0.6) is 6.01 Å². The summed E-state index contributed by atoms with van der Waals surface area (Å²) in [5.41, 5.74) is -0.877. The van der Waals surface area contributed by atoms with Crippen LogP contribution in [0.25, 0.3) is 11.0 Å². The van der Waals surface area contributed by atoms with Crippen molar-refractivity contribution in [2.24, 2.45) is 5.92 Å². The van der Waals surface area contributed by atoms with Crippen LogP contribution in [0, 0.1) is 5.92 Å². The predicted molar refractivity (Wildman–Crippen MR) is 158 cm³/mol. The van der Waals surface area contributed by atoms with Gasteiger partial charge in [0.05, 0.1) is 17.8 Å². The zero-order valence-corrected chi connectivity index (χ0v) is 24.8. The Morgan fingerprint density at radius 3 is 2.55 bits per heavy atom. The molecule has 0 saturated heterocycles. The lowest BCUT2D eigenvalue weighted by atomic mass is 9.83. The molecule has 3 aromatic rings. The number of methoxy groups -OCH3 is 1. The molecule has 12 nitrogen and oxygen atoms in total. The molecule has 0 radical (unpaired) electrons. The monoisotopic (exact) mass is 598 g/mol. The van der Waals surface area contributed by atoms with Crippen molar-refractivity contribution in [2.45, 2.75) is 64.5 Å². The number of aromatic amines is 1. The summed E-state index contributed by atoms with van der Waals surface area (Å²) in [7, 11) is 1.40. The van der Waals surface area contributed by atoms with Crippen LogP contribution in [0.2, 0.25) is 5.02 Å². The molecule has 0 aliphatic heterocycles. The Morgan fingerprint density at radius 2 is 1.86 bits per heavy atom. The van der Waals surface area contributed by atoms with Gasteiger partial charge in [0.1, 0.15) is 16.8 Å². The molecule has 4 N–H and O–H groups in total. The van der Waals surface area contributed by atoms with E-state index in [2.05, 4.69) is 30.9 Å². The van der Waals surface area contributed by atoms with Crippen LogP contribution in [0.15, 0.2) is 35.3 Å². The lowest BCUT2D eigenvalue weighted by Crippen LogP contribution is -2.49. The maximum atomic E-state index is 13.4. The highest BCUT2D eigenvalue weighted by Crippen LogP contribution is 2.28. The van der Waals surface area contributed by atoms with E-state index in [0.717, 1.165) is 32.1 Å². The van der Waals surface area contributed by atoms with E-state index >= 15 is 0 Å². The minimum atomic E-state index is -0.727. The first kappa shape index (κ1) is 30.8. The number of alkyl carbamates (subject to hydrolysis) is 1. The summed E-state index contributed by atoms with van der Waals surface area (Å²) in [6.07, 6.45) is 5.97. The second-order valence-electron chi connectivity index (χ2n) is 11.2. The van der Waals surface area contributed by atoms with Gasteiger partial charge in [0.15, 0.2) is 0 Å². The van der Waals surface area contributed by atoms with Crippen molar-refractivity contribution < 1.29 is 23.9 Å². The van der Waals surface area contributed by atoms with Gasteiger partial charge < -0.3 is 30.4 Å². The van der Waals surface area contributed by atoms with Crippen LogP contribution in [-0.4, -0.2) is 58.2 Å². The molecule has 1 saturated carbocycles. The number of halogens is 1. The zero-order chi connectivity index (χ0) is 30.4. The summed E-state index contributed by atoms with van der Waals surface area (Å²) < 4.78 is 10.3. The van der Waals surface area contributed by atoms with E-state index < -0.39 is 29.1 Å². The SMILES string of the molecule is COc1ncc2cc(C(=O)Nc3cc(C(=O)NC(CNC(=O)OC(C)(C)C)C4CCCCC4)ccc3Cl)c(=O)[nH]c2n1. The Bertz CT molecular complexity index is 1530. The molecule has 1 aliphatic carbocycles. The van der Waals surface area contributed by atoms with Crippen LogP contribution in [0.4, 0.5) is 10.5 Å². The van der Waals surface area contributed by atoms with E-state index in [0.29, 0.717) is 5.39 Å². The third-order valence-corrected chi connectivity index (χ3v) is 7.21. The number of hydrogen-bond donors (Lipinski definition) is 4. The number of pyridine rings is 1. The maximum Gasteiger partial charge on any atom is 0.407 e. The van der Waals surface area contributed by atoms with E-state index in [4.69, 9.17) is 21.1 Å². The van der Waals surface area contributed by atoms with Crippen LogP contribution in [-0.2, 0) is 4.74 Å². The van der Waals surface area contributed by atoms with Crippen molar-refractivity contribution >= 4 is 46.2 Å². The largest absolute Gasteiger partial charge is 0.467 e. The van der Waals surface area contributed by atoms with Gasteiger partial charge in [0.25, 0.3) is 17.4 Å². The average Bonchev–Trinajstić information content (AvgIpc) is 2.95. The fourth-order valence-electron chi connectivity index (χ4n) is 4.83.